The third-order valence-corrected chi connectivity index (χ3v) is 12.8. The van der Waals surface area contributed by atoms with Gasteiger partial charge in [-0.2, -0.15) is 0 Å². The topological polar surface area (TPSA) is 72.8 Å². The van der Waals surface area contributed by atoms with Gasteiger partial charge in [0.05, 0.1) is 33.0 Å². The molecular formula is C31H35Cl3O5S. The van der Waals surface area contributed by atoms with Crippen molar-refractivity contribution in [3.63, 3.8) is 0 Å². The summed E-state index contributed by atoms with van der Waals surface area (Å²) >= 11 is 20.1. The molecule has 216 valence electrons. The number of carbonyl (C=O) groups excluding carboxylic acids is 2. The van der Waals surface area contributed by atoms with Crippen LogP contribution in [0, 0.1) is 28.6 Å². The highest BCUT2D eigenvalue weighted by Gasteiger charge is 2.75. The number of allylic oxidation sites excluding steroid dienone is 4. The molecule has 1 aromatic carbocycles. The highest BCUT2D eigenvalue weighted by molar-refractivity contribution is 8.00. The summed E-state index contributed by atoms with van der Waals surface area (Å²) in [7, 11) is 0. The second-order valence-corrected chi connectivity index (χ2v) is 14.8. The first kappa shape index (κ1) is 29.2. The summed E-state index contributed by atoms with van der Waals surface area (Å²) in [6.07, 6.45) is 8.35. The molecule has 9 atom stereocenters. The molecule has 6 rings (SSSR count). The Kier molecular flexibility index (Phi) is 7.59. The van der Waals surface area contributed by atoms with E-state index in [0.717, 1.165) is 24.8 Å². The standard InChI is InChI=1S/C31H35Cl3O5S/c1-4-5-27-38-26-11-19-18-7-6-16-10-17(35)8-9-29(16,2)28(18)23(36)14-30(19,3)31(26,39-27)25(37)15-40-24-13-21(33)20(32)12-22(24)34/h8-10,12-13,18-19,23,26-28,36H,4-7,11,14-15H2,1-3H3/t18?,19?,23?,26-,27-,28?,29?,30?,31-/m1/s1. The smallest absolute Gasteiger partial charge is 0.178 e. The summed E-state index contributed by atoms with van der Waals surface area (Å²) in [6, 6.07) is 3.28. The Morgan fingerprint density at radius 2 is 1.93 bits per heavy atom. The summed E-state index contributed by atoms with van der Waals surface area (Å²) < 4.78 is 13.2. The van der Waals surface area contributed by atoms with Gasteiger partial charge in [0.2, 0.25) is 0 Å². The van der Waals surface area contributed by atoms with Gasteiger partial charge in [0.1, 0.15) is 0 Å². The number of aliphatic hydroxyl groups is 1. The van der Waals surface area contributed by atoms with E-state index in [4.69, 9.17) is 44.3 Å². The van der Waals surface area contributed by atoms with Crippen molar-refractivity contribution in [2.75, 3.05) is 5.75 Å². The molecular weight excluding hydrogens is 591 g/mol. The number of aliphatic hydroxyl groups excluding tert-OH is 1. The lowest BCUT2D eigenvalue weighted by molar-refractivity contribution is -0.197. The number of carbonyl (C=O) groups is 2. The van der Waals surface area contributed by atoms with Gasteiger partial charge in [0.25, 0.3) is 0 Å². The maximum absolute atomic E-state index is 14.4. The molecule has 5 nitrogen and oxygen atoms in total. The Bertz CT molecular complexity index is 1310. The van der Waals surface area contributed by atoms with Gasteiger partial charge in [0.15, 0.2) is 23.5 Å². The quantitative estimate of drug-likeness (QED) is 0.261. The van der Waals surface area contributed by atoms with Crippen molar-refractivity contribution in [1.82, 2.24) is 0 Å². The van der Waals surface area contributed by atoms with Crippen LogP contribution in [0.1, 0.15) is 59.3 Å². The molecule has 1 heterocycles. The zero-order valence-corrected chi connectivity index (χ0v) is 26.0. The van der Waals surface area contributed by atoms with E-state index < -0.39 is 23.4 Å². The molecule has 1 aliphatic heterocycles. The number of thioether (sulfide) groups is 1. The predicted molar refractivity (Wildman–Crippen MR) is 158 cm³/mol. The molecule has 40 heavy (non-hydrogen) atoms. The molecule has 4 fully saturated rings. The number of benzene rings is 1. The first-order valence-corrected chi connectivity index (χ1v) is 16.3. The van der Waals surface area contributed by atoms with Crippen LogP contribution in [0.25, 0.3) is 0 Å². The van der Waals surface area contributed by atoms with E-state index in [-0.39, 0.29) is 46.6 Å². The fourth-order valence-corrected chi connectivity index (χ4v) is 10.5. The number of ketones is 2. The molecule has 0 radical (unpaired) electrons. The molecule has 0 bridgehead atoms. The van der Waals surface area contributed by atoms with E-state index in [1.807, 2.05) is 6.08 Å². The first-order chi connectivity index (χ1) is 18.9. The van der Waals surface area contributed by atoms with Crippen molar-refractivity contribution < 1.29 is 24.2 Å². The Morgan fingerprint density at radius 3 is 2.67 bits per heavy atom. The van der Waals surface area contributed by atoms with Crippen molar-refractivity contribution in [1.29, 1.82) is 0 Å². The maximum atomic E-state index is 14.4. The van der Waals surface area contributed by atoms with Crippen LogP contribution in [0.2, 0.25) is 15.1 Å². The van der Waals surface area contributed by atoms with Crippen molar-refractivity contribution >= 4 is 58.1 Å². The van der Waals surface area contributed by atoms with E-state index in [1.165, 1.54) is 11.8 Å². The molecule has 0 spiro atoms. The highest BCUT2D eigenvalue weighted by Crippen LogP contribution is 2.70. The molecule has 3 saturated carbocycles. The summed E-state index contributed by atoms with van der Waals surface area (Å²) in [5.41, 5.74) is -1.03. The van der Waals surface area contributed by atoms with E-state index in [0.29, 0.717) is 39.2 Å². The molecule has 0 aromatic heterocycles. The minimum Gasteiger partial charge on any atom is -0.393 e. The summed E-state index contributed by atoms with van der Waals surface area (Å²) in [5.74, 6) is 0.405. The zero-order chi connectivity index (χ0) is 28.6. The number of ether oxygens (including phenoxy) is 2. The number of hydrogen-bond acceptors (Lipinski definition) is 6. The molecule has 1 N–H and O–H groups in total. The number of rotatable bonds is 6. The van der Waals surface area contributed by atoms with Crippen LogP contribution < -0.4 is 0 Å². The lowest BCUT2D eigenvalue weighted by atomic mass is 9.46. The maximum Gasteiger partial charge on any atom is 0.178 e. The second kappa shape index (κ2) is 10.4. The van der Waals surface area contributed by atoms with Crippen molar-refractivity contribution in [3.05, 3.63) is 51.0 Å². The van der Waals surface area contributed by atoms with Crippen LogP contribution in [0.5, 0.6) is 0 Å². The Labute approximate surface area is 255 Å². The molecule has 0 amide bonds. The number of fused-ring (bicyclic) bond motifs is 7. The average Bonchev–Trinajstić information content (AvgIpc) is 3.37. The Balaban J connectivity index is 1.34. The van der Waals surface area contributed by atoms with Crippen molar-refractivity contribution in [2.24, 2.45) is 28.6 Å². The van der Waals surface area contributed by atoms with Crippen molar-refractivity contribution in [2.45, 2.75) is 88.3 Å². The monoisotopic (exact) mass is 624 g/mol. The Hall–Kier alpha value is -0.860. The zero-order valence-electron chi connectivity index (χ0n) is 22.9. The van der Waals surface area contributed by atoms with Gasteiger partial charge in [-0.25, -0.2) is 0 Å². The molecule has 9 heteroatoms. The average molecular weight is 626 g/mol. The van der Waals surface area contributed by atoms with Crippen molar-refractivity contribution in [3.8, 4) is 0 Å². The molecule has 1 aromatic rings. The molecule has 6 unspecified atom stereocenters. The third kappa shape index (κ3) is 4.23. The number of halogens is 3. The number of hydrogen-bond donors (Lipinski definition) is 1. The fourth-order valence-electron chi connectivity index (χ4n) is 8.87. The van der Waals surface area contributed by atoms with Gasteiger partial charge in [0, 0.05) is 21.6 Å². The lowest BCUT2D eigenvalue weighted by Crippen LogP contribution is -2.63. The van der Waals surface area contributed by atoms with Crippen LogP contribution in [0.15, 0.2) is 40.8 Å². The van der Waals surface area contributed by atoms with E-state index >= 15 is 0 Å². The fraction of sp³-hybridized carbons (Fsp3) is 0.613. The molecule has 1 saturated heterocycles. The largest absolute Gasteiger partial charge is 0.393 e. The van der Waals surface area contributed by atoms with Gasteiger partial charge in [-0.1, -0.05) is 73.6 Å². The highest BCUT2D eigenvalue weighted by atomic mass is 35.5. The van der Waals surface area contributed by atoms with Gasteiger partial charge in [-0.15, -0.1) is 11.8 Å². The van der Waals surface area contributed by atoms with Gasteiger partial charge < -0.3 is 14.6 Å². The summed E-state index contributed by atoms with van der Waals surface area (Å²) in [6.45, 7) is 6.37. The van der Waals surface area contributed by atoms with Gasteiger partial charge in [-0.3, -0.25) is 9.59 Å². The predicted octanol–water partition coefficient (Wildman–Crippen LogP) is 7.48. The van der Waals surface area contributed by atoms with Crippen LogP contribution in [0.4, 0.5) is 0 Å². The SMILES string of the molecule is CCC[C@@H]1O[C@@H]2CC3C4CCC5=CC(=O)C=CC5(C)C4C(O)CC3(C)[C@]2(C(=O)CSc2cc(Cl)c(Cl)cc2Cl)O1. The van der Waals surface area contributed by atoms with Crippen LogP contribution in [-0.2, 0) is 19.1 Å². The first-order valence-electron chi connectivity index (χ1n) is 14.2. The van der Waals surface area contributed by atoms with Crippen LogP contribution >= 0.6 is 46.6 Å². The second-order valence-electron chi connectivity index (χ2n) is 12.6. The molecule has 4 aliphatic carbocycles. The molecule has 5 aliphatic rings. The van der Waals surface area contributed by atoms with Gasteiger partial charge in [-0.05, 0) is 68.2 Å². The van der Waals surface area contributed by atoms with E-state index in [9.17, 15) is 14.7 Å². The van der Waals surface area contributed by atoms with Crippen LogP contribution in [-0.4, -0.2) is 46.5 Å². The van der Waals surface area contributed by atoms with Gasteiger partial charge >= 0.3 is 0 Å². The Morgan fingerprint density at radius 1 is 1.18 bits per heavy atom. The normalized spacial score (nSPS) is 41.7. The third-order valence-electron chi connectivity index (χ3n) is 10.6. The van der Waals surface area contributed by atoms with E-state index in [1.54, 1.807) is 24.3 Å². The lowest BCUT2D eigenvalue weighted by Gasteiger charge is -2.59. The number of Topliss-reactive ketones (excluding diaryl/α,β-unsaturated/α-hetero) is 1. The van der Waals surface area contributed by atoms with E-state index in [2.05, 4.69) is 20.8 Å². The summed E-state index contributed by atoms with van der Waals surface area (Å²) in [4.78, 5) is 27.3. The minimum atomic E-state index is -1.16. The summed E-state index contributed by atoms with van der Waals surface area (Å²) in [5, 5.41) is 13.1. The van der Waals surface area contributed by atoms with Crippen LogP contribution in [0.3, 0.4) is 0 Å². The minimum absolute atomic E-state index is 0.0179.